The molecule has 0 amide bonds. The Morgan fingerprint density at radius 2 is 1.72 bits per heavy atom. The Balaban J connectivity index is 1.45. The highest BCUT2D eigenvalue weighted by molar-refractivity contribution is 7.89. The highest BCUT2D eigenvalue weighted by atomic mass is 32.2. The van der Waals surface area contributed by atoms with Crippen molar-refractivity contribution in [3.05, 3.63) is 41.5 Å². The molecule has 10 heteroatoms. The van der Waals surface area contributed by atoms with Crippen molar-refractivity contribution in [2.24, 2.45) is 0 Å². The van der Waals surface area contributed by atoms with Gasteiger partial charge in [0.25, 0.3) is 0 Å². The first-order chi connectivity index (χ1) is 11.7. The third-order valence-electron chi connectivity index (χ3n) is 4.42. The van der Waals surface area contributed by atoms with Crippen LogP contribution in [0.3, 0.4) is 0 Å². The van der Waals surface area contributed by atoms with Crippen molar-refractivity contribution >= 4 is 10.0 Å². The zero-order chi connectivity index (χ0) is 17.8. The summed E-state index contributed by atoms with van der Waals surface area (Å²) in [4.78, 5) is 4.13. The smallest absolute Gasteiger partial charge is 0.339 e. The molecule has 2 aliphatic rings. The highest BCUT2D eigenvalue weighted by Gasteiger charge is 2.41. The van der Waals surface area contributed by atoms with Crippen LogP contribution in [0.1, 0.15) is 42.0 Å². The molecular formula is C15H14F3N3O3S. The van der Waals surface area contributed by atoms with E-state index in [0.717, 1.165) is 37.1 Å². The molecule has 4 rings (SSSR count). The van der Waals surface area contributed by atoms with E-state index in [4.69, 9.17) is 4.52 Å². The molecule has 6 nitrogen and oxygen atoms in total. The van der Waals surface area contributed by atoms with Gasteiger partial charge >= 0.3 is 6.18 Å². The summed E-state index contributed by atoms with van der Waals surface area (Å²) in [5.41, 5.74) is -0.883. The molecule has 1 aliphatic carbocycles. The van der Waals surface area contributed by atoms with E-state index >= 15 is 0 Å². The summed E-state index contributed by atoms with van der Waals surface area (Å²) in [6.07, 6.45) is -2.42. The molecular weight excluding hydrogens is 359 g/mol. The SMILES string of the molecule is O=S(=O)(c1ccc(C(F)(F)F)cc1)N1CC(c2nc(C3CC3)no2)C1. The number of hydrogen-bond donors (Lipinski definition) is 0. The first kappa shape index (κ1) is 16.5. The third kappa shape index (κ3) is 3.04. The van der Waals surface area contributed by atoms with Crippen molar-refractivity contribution in [2.75, 3.05) is 13.1 Å². The van der Waals surface area contributed by atoms with Crippen molar-refractivity contribution in [3.8, 4) is 0 Å². The van der Waals surface area contributed by atoms with E-state index in [9.17, 15) is 21.6 Å². The Bertz CT molecular complexity index is 883. The normalized spacial score (nSPS) is 19.8. The molecule has 1 saturated carbocycles. The van der Waals surface area contributed by atoms with Gasteiger partial charge in [0.2, 0.25) is 15.9 Å². The quantitative estimate of drug-likeness (QED) is 0.824. The maximum atomic E-state index is 12.6. The minimum absolute atomic E-state index is 0.164. The van der Waals surface area contributed by atoms with Crippen LogP contribution in [0.15, 0.2) is 33.7 Å². The van der Waals surface area contributed by atoms with Gasteiger partial charge in [0.1, 0.15) is 0 Å². The average molecular weight is 373 g/mol. The average Bonchev–Trinajstić information content (AvgIpc) is 3.24. The standard InChI is InChI=1S/C15H14F3N3O3S/c16-15(17,18)11-3-5-12(6-4-11)25(22,23)21-7-10(8-21)14-19-13(20-24-14)9-1-2-9/h3-6,9-10H,1-2,7-8H2. The maximum Gasteiger partial charge on any atom is 0.416 e. The van der Waals surface area contributed by atoms with E-state index in [1.807, 2.05) is 0 Å². The van der Waals surface area contributed by atoms with E-state index < -0.39 is 21.8 Å². The summed E-state index contributed by atoms with van der Waals surface area (Å²) in [5.74, 6) is 1.26. The Labute approximate surface area is 141 Å². The molecule has 2 aromatic rings. The Hall–Kier alpha value is -1.94. The lowest BCUT2D eigenvalue weighted by Crippen LogP contribution is -2.48. The van der Waals surface area contributed by atoms with Crippen LogP contribution in [-0.2, 0) is 16.2 Å². The summed E-state index contributed by atoms with van der Waals surface area (Å²) in [7, 11) is -3.83. The predicted molar refractivity (Wildman–Crippen MR) is 79.2 cm³/mol. The van der Waals surface area contributed by atoms with Gasteiger partial charge in [0.15, 0.2) is 5.82 Å². The van der Waals surface area contributed by atoms with Crippen molar-refractivity contribution in [1.82, 2.24) is 14.4 Å². The first-order valence-electron chi connectivity index (χ1n) is 7.76. The molecule has 1 aromatic heterocycles. The van der Waals surface area contributed by atoms with E-state index in [0.29, 0.717) is 17.6 Å². The van der Waals surface area contributed by atoms with E-state index in [1.54, 1.807) is 0 Å². The van der Waals surface area contributed by atoms with Crippen molar-refractivity contribution < 1.29 is 26.1 Å². The zero-order valence-corrected chi connectivity index (χ0v) is 13.7. The molecule has 0 unspecified atom stereocenters. The summed E-state index contributed by atoms with van der Waals surface area (Å²) < 4.78 is 69.0. The Morgan fingerprint density at radius 1 is 1.08 bits per heavy atom. The van der Waals surface area contributed by atoms with Gasteiger partial charge in [0, 0.05) is 19.0 Å². The summed E-state index contributed by atoms with van der Waals surface area (Å²) >= 11 is 0. The van der Waals surface area contributed by atoms with Crippen molar-refractivity contribution in [2.45, 2.75) is 35.7 Å². The lowest BCUT2D eigenvalue weighted by atomic mass is 10.0. The van der Waals surface area contributed by atoms with E-state index in [1.165, 1.54) is 4.31 Å². The van der Waals surface area contributed by atoms with Gasteiger partial charge in [-0.05, 0) is 37.1 Å². The molecule has 0 atom stereocenters. The minimum atomic E-state index is -4.50. The molecule has 0 bridgehead atoms. The first-order valence-corrected chi connectivity index (χ1v) is 9.20. The summed E-state index contributed by atoms with van der Waals surface area (Å²) in [6, 6.07) is 3.49. The molecule has 2 heterocycles. The van der Waals surface area contributed by atoms with Gasteiger partial charge in [-0.1, -0.05) is 5.16 Å². The fraction of sp³-hybridized carbons (Fsp3) is 0.467. The van der Waals surface area contributed by atoms with Gasteiger partial charge in [-0.25, -0.2) is 8.42 Å². The number of aromatic nitrogens is 2. The molecule has 0 radical (unpaired) electrons. The van der Waals surface area contributed by atoms with Gasteiger partial charge in [-0.15, -0.1) is 0 Å². The molecule has 134 valence electrons. The highest BCUT2D eigenvalue weighted by Crippen LogP contribution is 2.39. The van der Waals surface area contributed by atoms with Crippen LogP contribution in [0, 0.1) is 0 Å². The van der Waals surface area contributed by atoms with Crippen LogP contribution < -0.4 is 0 Å². The van der Waals surface area contributed by atoms with E-state index in [2.05, 4.69) is 10.1 Å². The number of alkyl halides is 3. The number of halogens is 3. The second-order valence-electron chi connectivity index (χ2n) is 6.31. The van der Waals surface area contributed by atoms with Crippen LogP contribution in [0.5, 0.6) is 0 Å². The largest absolute Gasteiger partial charge is 0.416 e. The van der Waals surface area contributed by atoms with Crippen LogP contribution in [-0.4, -0.2) is 36.0 Å². The number of rotatable bonds is 4. The summed E-state index contributed by atoms with van der Waals surface area (Å²) in [5, 5.41) is 3.90. The lowest BCUT2D eigenvalue weighted by molar-refractivity contribution is -0.137. The molecule has 25 heavy (non-hydrogen) atoms. The fourth-order valence-electron chi connectivity index (χ4n) is 2.68. The van der Waals surface area contributed by atoms with Gasteiger partial charge < -0.3 is 4.52 Å². The van der Waals surface area contributed by atoms with E-state index in [-0.39, 0.29) is 23.9 Å². The Kier molecular flexibility index (Phi) is 3.66. The topological polar surface area (TPSA) is 76.3 Å². The van der Waals surface area contributed by atoms with Gasteiger partial charge in [0.05, 0.1) is 16.4 Å². The van der Waals surface area contributed by atoms with Crippen LogP contribution in [0.25, 0.3) is 0 Å². The second kappa shape index (κ2) is 5.53. The number of benzene rings is 1. The number of hydrogen-bond acceptors (Lipinski definition) is 5. The molecule has 1 saturated heterocycles. The maximum absolute atomic E-state index is 12.6. The third-order valence-corrected chi connectivity index (χ3v) is 6.26. The minimum Gasteiger partial charge on any atom is -0.339 e. The molecule has 1 aliphatic heterocycles. The molecule has 1 aromatic carbocycles. The number of sulfonamides is 1. The van der Waals surface area contributed by atoms with Crippen LogP contribution in [0.2, 0.25) is 0 Å². The fourth-order valence-corrected chi connectivity index (χ4v) is 4.21. The second-order valence-corrected chi connectivity index (χ2v) is 8.24. The van der Waals surface area contributed by atoms with Crippen LogP contribution >= 0.6 is 0 Å². The predicted octanol–water partition coefficient (Wildman–Crippen LogP) is 2.75. The summed E-state index contributed by atoms with van der Waals surface area (Å²) in [6.45, 7) is 0.352. The van der Waals surface area contributed by atoms with Crippen LogP contribution in [0.4, 0.5) is 13.2 Å². The monoisotopic (exact) mass is 373 g/mol. The van der Waals surface area contributed by atoms with Gasteiger partial charge in [-0.2, -0.15) is 22.5 Å². The molecule has 0 spiro atoms. The van der Waals surface area contributed by atoms with Crippen molar-refractivity contribution in [3.63, 3.8) is 0 Å². The lowest BCUT2D eigenvalue weighted by Gasteiger charge is -2.35. The van der Waals surface area contributed by atoms with Gasteiger partial charge in [-0.3, -0.25) is 0 Å². The van der Waals surface area contributed by atoms with Crippen molar-refractivity contribution in [1.29, 1.82) is 0 Å². The molecule has 0 N–H and O–H groups in total. The zero-order valence-electron chi connectivity index (χ0n) is 12.9. The Morgan fingerprint density at radius 3 is 2.28 bits per heavy atom. The number of nitrogens with zero attached hydrogens (tertiary/aromatic N) is 3. The molecule has 2 fully saturated rings.